The van der Waals surface area contributed by atoms with E-state index < -0.39 is 6.10 Å². The number of benzene rings is 2. The predicted molar refractivity (Wildman–Crippen MR) is 119 cm³/mol. The summed E-state index contributed by atoms with van der Waals surface area (Å²) in [4.78, 5) is 0. The molecule has 5 N–H and O–H groups in total. The number of aliphatic hydroxyl groups excluding tert-OH is 2. The van der Waals surface area contributed by atoms with E-state index in [0.717, 1.165) is 58.5 Å². The highest BCUT2D eigenvalue weighted by Gasteiger charge is 2.09. The van der Waals surface area contributed by atoms with Gasteiger partial charge in [0.05, 0.1) is 19.3 Å². The molecule has 0 spiro atoms. The molecule has 0 aliphatic heterocycles. The molecular weight excluding hydrogens is 380 g/mol. The highest BCUT2D eigenvalue weighted by Crippen LogP contribution is 2.22. The number of nitrogens with one attached hydrogen (secondary N) is 2. The molecule has 166 valence electrons. The number of hydrogen-bond donors (Lipinski definition) is 5. The number of ether oxygens (including phenoxy) is 1. The second-order valence-electron chi connectivity index (χ2n) is 7.46. The summed E-state index contributed by atoms with van der Waals surface area (Å²) in [5.74, 6) is 0.0498. The van der Waals surface area contributed by atoms with Gasteiger partial charge in [-0.2, -0.15) is 0 Å². The van der Waals surface area contributed by atoms with Gasteiger partial charge in [0.2, 0.25) is 0 Å². The lowest BCUT2D eigenvalue weighted by molar-refractivity contribution is 0.131. The van der Waals surface area contributed by atoms with Crippen LogP contribution in [0.4, 0.5) is 0 Å². The standard InChI is InChI=1S/C24H36N2O4/c27-19-22-16-21(10-11-23(22)28)24(29)18-25-12-6-1-2-7-14-30-15-13-26-17-20-8-4-3-5-9-20/h3-5,8-11,16,24-29H,1-2,6-7,12-15,17-19H2. The summed E-state index contributed by atoms with van der Waals surface area (Å²) in [5.41, 5.74) is 2.41. The van der Waals surface area contributed by atoms with Gasteiger partial charge in [-0.25, -0.2) is 0 Å². The largest absolute Gasteiger partial charge is 0.508 e. The molecule has 1 atom stereocenters. The van der Waals surface area contributed by atoms with Gasteiger partial charge in [0.25, 0.3) is 0 Å². The minimum absolute atomic E-state index is 0.0498. The van der Waals surface area contributed by atoms with Crippen LogP contribution < -0.4 is 10.6 Å². The molecule has 0 radical (unpaired) electrons. The van der Waals surface area contributed by atoms with Crippen LogP contribution in [-0.2, 0) is 17.9 Å². The molecule has 0 fully saturated rings. The van der Waals surface area contributed by atoms with E-state index in [4.69, 9.17) is 4.74 Å². The van der Waals surface area contributed by atoms with Crippen molar-refractivity contribution in [2.45, 2.75) is 44.9 Å². The molecule has 6 heteroatoms. The Balaban J connectivity index is 1.39. The third kappa shape index (κ3) is 9.69. The van der Waals surface area contributed by atoms with Crippen LogP contribution in [0.1, 0.15) is 48.5 Å². The number of aliphatic hydroxyl groups is 2. The van der Waals surface area contributed by atoms with Crippen molar-refractivity contribution in [1.29, 1.82) is 0 Å². The van der Waals surface area contributed by atoms with Gasteiger partial charge in [-0.3, -0.25) is 0 Å². The molecule has 0 aromatic heterocycles. The first-order valence-corrected chi connectivity index (χ1v) is 10.8. The molecule has 2 rings (SSSR count). The van der Waals surface area contributed by atoms with Crippen LogP contribution in [0.25, 0.3) is 0 Å². The van der Waals surface area contributed by atoms with Crippen LogP contribution in [-0.4, -0.2) is 48.2 Å². The molecule has 0 heterocycles. The first-order chi connectivity index (χ1) is 14.7. The third-order valence-corrected chi connectivity index (χ3v) is 4.98. The average molecular weight is 417 g/mol. The number of unbranched alkanes of at least 4 members (excludes halogenated alkanes) is 3. The number of aromatic hydroxyl groups is 1. The van der Waals surface area contributed by atoms with Gasteiger partial charge in [0.1, 0.15) is 5.75 Å². The van der Waals surface area contributed by atoms with E-state index in [1.54, 1.807) is 12.1 Å². The Kier molecular flexibility index (Phi) is 12.1. The fourth-order valence-electron chi connectivity index (χ4n) is 3.18. The van der Waals surface area contributed by atoms with Gasteiger partial charge in [0.15, 0.2) is 0 Å². The van der Waals surface area contributed by atoms with Crippen LogP contribution in [0.2, 0.25) is 0 Å². The SMILES string of the molecule is OCc1cc(C(O)CNCCCCCCOCCNCc2ccccc2)ccc1O. The van der Waals surface area contributed by atoms with Crippen molar-refractivity contribution in [1.82, 2.24) is 10.6 Å². The number of hydrogen-bond acceptors (Lipinski definition) is 6. The Hall–Kier alpha value is -1.96. The Morgan fingerprint density at radius 2 is 1.67 bits per heavy atom. The normalized spacial score (nSPS) is 12.2. The second-order valence-corrected chi connectivity index (χ2v) is 7.46. The third-order valence-electron chi connectivity index (χ3n) is 4.98. The lowest BCUT2D eigenvalue weighted by atomic mass is 10.1. The predicted octanol–water partition coefficient (Wildman–Crippen LogP) is 2.87. The zero-order valence-corrected chi connectivity index (χ0v) is 17.7. The quantitative estimate of drug-likeness (QED) is 0.270. The number of phenols is 1. The summed E-state index contributed by atoms with van der Waals surface area (Å²) in [7, 11) is 0. The molecule has 30 heavy (non-hydrogen) atoms. The molecule has 1 unspecified atom stereocenters. The second kappa shape index (κ2) is 14.9. The van der Waals surface area contributed by atoms with E-state index >= 15 is 0 Å². The Bertz CT molecular complexity index is 697. The molecule has 0 amide bonds. The summed E-state index contributed by atoms with van der Waals surface area (Å²) < 4.78 is 5.66. The van der Waals surface area contributed by atoms with E-state index in [0.29, 0.717) is 17.7 Å². The lowest BCUT2D eigenvalue weighted by Gasteiger charge is -2.14. The summed E-state index contributed by atoms with van der Waals surface area (Å²) in [6, 6.07) is 15.2. The first-order valence-electron chi connectivity index (χ1n) is 10.8. The van der Waals surface area contributed by atoms with E-state index in [-0.39, 0.29) is 12.4 Å². The maximum atomic E-state index is 10.2. The maximum Gasteiger partial charge on any atom is 0.121 e. The van der Waals surface area contributed by atoms with Crippen molar-refractivity contribution in [2.75, 3.05) is 32.8 Å². The smallest absolute Gasteiger partial charge is 0.121 e. The molecule has 0 saturated heterocycles. The van der Waals surface area contributed by atoms with E-state index in [1.807, 2.05) is 6.07 Å². The van der Waals surface area contributed by atoms with Gasteiger partial charge in [-0.05, 0) is 42.6 Å². The summed E-state index contributed by atoms with van der Waals surface area (Å²) in [6.45, 7) is 4.34. The average Bonchev–Trinajstić information content (AvgIpc) is 2.77. The van der Waals surface area contributed by atoms with Crippen molar-refractivity contribution in [3.63, 3.8) is 0 Å². The molecule has 2 aromatic rings. The zero-order chi connectivity index (χ0) is 21.4. The monoisotopic (exact) mass is 416 g/mol. The maximum absolute atomic E-state index is 10.2. The molecule has 0 saturated carbocycles. The van der Waals surface area contributed by atoms with Crippen molar-refractivity contribution in [3.05, 3.63) is 65.2 Å². The van der Waals surface area contributed by atoms with Crippen molar-refractivity contribution in [3.8, 4) is 5.75 Å². The van der Waals surface area contributed by atoms with Crippen LogP contribution >= 0.6 is 0 Å². The summed E-state index contributed by atoms with van der Waals surface area (Å²) in [5, 5.41) is 35.6. The highest BCUT2D eigenvalue weighted by molar-refractivity contribution is 5.36. The van der Waals surface area contributed by atoms with E-state index in [1.165, 1.54) is 11.6 Å². The lowest BCUT2D eigenvalue weighted by Crippen LogP contribution is -2.22. The van der Waals surface area contributed by atoms with Crippen LogP contribution in [0, 0.1) is 0 Å². The van der Waals surface area contributed by atoms with Crippen molar-refractivity contribution >= 4 is 0 Å². The van der Waals surface area contributed by atoms with Crippen LogP contribution in [0.5, 0.6) is 5.75 Å². The summed E-state index contributed by atoms with van der Waals surface area (Å²) >= 11 is 0. The molecule has 0 aliphatic rings. The van der Waals surface area contributed by atoms with Crippen LogP contribution in [0.15, 0.2) is 48.5 Å². The van der Waals surface area contributed by atoms with Gasteiger partial charge < -0.3 is 30.7 Å². The fourth-order valence-corrected chi connectivity index (χ4v) is 3.18. The number of rotatable bonds is 16. The first kappa shape index (κ1) is 24.3. The van der Waals surface area contributed by atoms with Gasteiger partial charge in [0, 0.05) is 31.8 Å². The Morgan fingerprint density at radius 1 is 0.867 bits per heavy atom. The van der Waals surface area contributed by atoms with Gasteiger partial charge >= 0.3 is 0 Å². The Morgan fingerprint density at radius 3 is 2.47 bits per heavy atom. The van der Waals surface area contributed by atoms with Crippen LogP contribution in [0.3, 0.4) is 0 Å². The minimum atomic E-state index is -0.653. The molecule has 0 bridgehead atoms. The van der Waals surface area contributed by atoms with Gasteiger partial charge in [-0.15, -0.1) is 0 Å². The topological polar surface area (TPSA) is 94.0 Å². The fraction of sp³-hybridized carbons (Fsp3) is 0.500. The van der Waals surface area contributed by atoms with Crippen molar-refractivity contribution in [2.24, 2.45) is 0 Å². The van der Waals surface area contributed by atoms with Gasteiger partial charge in [-0.1, -0.05) is 49.2 Å². The molecule has 6 nitrogen and oxygen atoms in total. The molecule has 0 aliphatic carbocycles. The molecule has 2 aromatic carbocycles. The molecular formula is C24H36N2O4. The zero-order valence-electron chi connectivity index (χ0n) is 17.7. The van der Waals surface area contributed by atoms with E-state index in [2.05, 4.69) is 34.9 Å². The highest BCUT2D eigenvalue weighted by atomic mass is 16.5. The van der Waals surface area contributed by atoms with Crippen molar-refractivity contribution < 1.29 is 20.1 Å². The van der Waals surface area contributed by atoms with E-state index in [9.17, 15) is 15.3 Å². The Labute approximate surface area is 179 Å². The minimum Gasteiger partial charge on any atom is -0.508 e. The summed E-state index contributed by atoms with van der Waals surface area (Å²) in [6.07, 6.45) is 3.74.